The summed E-state index contributed by atoms with van der Waals surface area (Å²) in [6.07, 6.45) is 11.1. The lowest BCUT2D eigenvalue weighted by Crippen LogP contribution is -1.97. The van der Waals surface area contributed by atoms with Crippen LogP contribution in [-0.4, -0.2) is 13.0 Å². The molecule has 1 rings (SSSR count). The summed E-state index contributed by atoms with van der Waals surface area (Å²) in [5, 5.41) is 3.78. The molecule has 0 fully saturated rings. The van der Waals surface area contributed by atoms with Crippen LogP contribution >= 0.6 is 0 Å². The second-order valence-electron chi connectivity index (χ2n) is 2.18. The summed E-state index contributed by atoms with van der Waals surface area (Å²) >= 11 is 0. The van der Waals surface area contributed by atoms with Gasteiger partial charge in [0.05, 0.1) is 6.61 Å². The normalized spacial score (nSPS) is 14.2. The highest BCUT2D eigenvalue weighted by Gasteiger charge is 1.87. The Balaban J connectivity index is 2.20. The summed E-state index contributed by atoms with van der Waals surface area (Å²) in [7, 11) is 0. The van der Waals surface area contributed by atoms with E-state index in [4.69, 9.17) is 4.74 Å². The third kappa shape index (κ3) is 3.05. The summed E-state index contributed by atoms with van der Waals surface area (Å²) in [4.78, 5) is 0. The molecule has 0 radical (unpaired) electrons. The second-order valence-corrected chi connectivity index (χ2v) is 2.18. The van der Waals surface area contributed by atoms with Crippen molar-refractivity contribution in [2.45, 2.75) is 6.92 Å². The average molecular weight is 164 g/mol. The lowest BCUT2D eigenvalue weighted by Gasteiger charge is -1.92. The highest BCUT2D eigenvalue weighted by atomic mass is 16.5. The molecule has 1 N–H and O–H groups in total. The van der Waals surface area contributed by atoms with Crippen molar-refractivity contribution < 1.29 is 4.74 Å². The molecule has 12 heavy (non-hydrogen) atoms. The molecule has 64 valence electrons. The molecule has 1 aliphatic rings. The van der Waals surface area contributed by atoms with Crippen molar-refractivity contribution in [3.05, 3.63) is 36.1 Å². The Kier molecular flexibility index (Phi) is 3.71. The van der Waals surface area contributed by atoms with Crippen LogP contribution in [0.5, 0.6) is 0 Å². The molecule has 0 bridgehead atoms. The molecule has 0 spiro atoms. The smallest absolute Gasteiger partial charge is 0.192 e. The molecule has 0 amide bonds. The maximum absolute atomic E-state index is 4.88. The Labute approximate surface area is 72.1 Å². The van der Waals surface area contributed by atoms with Crippen molar-refractivity contribution in [2.75, 3.05) is 6.61 Å². The van der Waals surface area contributed by atoms with Crippen molar-refractivity contribution in [2.24, 2.45) is 5.10 Å². The fourth-order valence-corrected chi connectivity index (χ4v) is 0.739. The van der Waals surface area contributed by atoms with E-state index in [1.807, 2.05) is 31.2 Å². The number of nitrogens with one attached hydrogen (secondary N) is 1. The molecule has 0 aromatic heterocycles. The van der Waals surface area contributed by atoms with E-state index >= 15 is 0 Å². The first-order valence-corrected chi connectivity index (χ1v) is 3.87. The first-order valence-electron chi connectivity index (χ1n) is 3.87. The van der Waals surface area contributed by atoms with E-state index in [1.54, 1.807) is 6.20 Å². The molecule has 0 saturated heterocycles. The molecule has 1 aliphatic carbocycles. The van der Waals surface area contributed by atoms with Gasteiger partial charge in [-0.1, -0.05) is 24.3 Å². The predicted molar refractivity (Wildman–Crippen MR) is 49.6 cm³/mol. The molecule has 0 unspecified atom stereocenters. The number of hydrogen-bond donors (Lipinski definition) is 1. The van der Waals surface area contributed by atoms with E-state index in [9.17, 15) is 0 Å². The highest BCUT2D eigenvalue weighted by Crippen LogP contribution is 2.04. The van der Waals surface area contributed by atoms with Crippen LogP contribution in [0.25, 0.3) is 0 Å². The Morgan fingerprint density at radius 1 is 1.50 bits per heavy atom. The van der Waals surface area contributed by atoms with Gasteiger partial charge in [0.15, 0.2) is 6.40 Å². The minimum absolute atomic E-state index is 0.640. The minimum atomic E-state index is 0.640. The molecule has 0 saturated carbocycles. The third-order valence-electron chi connectivity index (χ3n) is 1.29. The average Bonchev–Trinajstić information content (AvgIpc) is 2.57. The van der Waals surface area contributed by atoms with Crippen molar-refractivity contribution in [1.82, 2.24) is 5.43 Å². The molecular weight excluding hydrogens is 152 g/mol. The van der Waals surface area contributed by atoms with Crippen LogP contribution in [0.2, 0.25) is 0 Å². The van der Waals surface area contributed by atoms with E-state index in [2.05, 4.69) is 10.5 Å². The second kappa shape index (κ2) is 5.18. The number of ether oxygens (including phenoxy) is 1. The summed E-state index contributed by atoms with van der Waals surface area (Å²) < 4.78 is 4.88. The van der Waals surface area contributed by atoms with Crippen molar-refractivity contribution in [1.29, 1.82) is 0 Å². The molecular formula is C9H12N2O. The van der Waals surface area contributed by atoms with Gasteiger partial charge < -0.3 is 4.74 Å². The maximum Gasteiger partial charge on any atom is 0.192 e. The number of nitrogens with zero attached hydrogens (tertiary/aromatic N) is 1. The molecule has 3 heteroatoms. The monoisotopic (exact) mass is 164 g/mol. The van der Waals surface area contributed by atoms with Crippen LogP contribution < -0.4 is 5.43 Å². The third-order valence-corrected chi connectivity index (χ3v) is 1.29. The van der Waals surface area contributed by atoms with Gasteiger partial charge in [-0.25, -0.2) is 0 Å². The SMILES string of the molecule is CCO/C=N/NC=C1C=CC=C1. The number of hydrogen-bond acceptors (Lipinski definition) is 3. The molecule has 0 heterocycles. The van der Waals surface area contributed by atoms with E-state index in [0.717, 1.165) is 5.57 Å². The molecule has 0 atom stereocenters. The zero-order valence-corrected chi connectivity index (χ0v) is 7.03. The van der Waals surface area contributed by atoms with Gasteiger partial charge in [-0.15, -0.1) is 5.10 Å². The van der Waals surface area contributed by atoms with Crippen LogP contribution in [0.15, 0.2) is 41.2 Å². The first-order chi connectivity index (χ1) is 5.93. The van der Waals surface area contributed by atoms with E-state index in [-0.39, 0.29) is 0 Å². The fourth-order valence-electron chi connectivity index (χ4n) is 0.739. The van der Waals surface area contributed by atoms with Gasteiger partial charge in [0.25, 0.3) is 0 Å². The van der Waals surface area contributed by atoms with E-state index < -0.39 is 0 Å². The zero-order chi connectivity index (χ0) is 8.65. The number of hydrazone groups is 1. The summed E-state index contributed by atoms with van der Waals surface area (Å²) in [5.41, 5.74) is 3.84. The largest absolute Gasteiger partial charge is 0.482 e. The Morgan fingerprint density at radius 3 is 2.92 bits per heavy atom. The Bertz CT molecular complexity index is 225. The quantitative estimate of drug-likeness (QED) is 0.388. The zero-order valence-electron chi connectivity index (χ0n) is 7.03. The van der Waals surface area contributed by atoms with Crippen LogP contribution in [0, 0.1) is 0 Å². The van der Waals surface area contributed by atoms with Crippen molar-refractivity contribution in [3.63, 3.8) is 0 Å². The Morgan fingerprint density at radius 2 is 2.25 bits per heavy atom. The number of rotatable bonds is 4. The summed E-state index contributed by atoms with van der Waals surface area (Å²) in [6.45, 7) is 2.55. The summed E-state index contributed by atoms with van der Waals surface area (Å²) in [5.74, 6) is 0. The van der Waals surface area contributed by atoms with E-state index in [1.165, 1.54) is 6.40 Å². The topological polar surface area (TPSA) is 33.6 Å². The van der Waals surface area contributed by atoms with Gasteiger partial charge in [-0.2, -0.15) is 0 Å². The van der Waals surface area contributed by atoms with Gasteiger partial charge in [-0.3, -0.25) is 5.43 Å². The predicted octanol–water partition coefficient (Wildman–Crippen LogP) is 1.57. The van der Waals surface area contributed by atoms with Crippen LogP contribution in [0.4, 0.5) is 0 Å². The molecule has 0 aliphatic heterocycles. The van der Waals surface area contributed by atoms with E-state index in [0.29, 0.717) is 6.61 Å². The fraction of sp³-hybridized carbons (Fsp3) is 0.222. The van der Waals surface area contributed by atoms with Gasteiger partial charge in [0.2, 0.25) is 0 Å². The van der Waals surface area contributed by atoms with Crippen molar-refractivity contribution >= 4 is 6.40 Å². The van der Waals surface area contributed by atoms with Crippen LogP contribution in [-0.2, 0) is 4.74 Å². The van der Waals surface area contributed by atoms with Gasteiger partial charge in [0, 0.05) is 6.20 Å². The first kappa shape index (κ1) is 8.59. The molecule has 0 aromatic rings. The highest BCUT2D eigenvalue weighted by molar-refractivity contribution is 5.46. The van der Waals surface area contributed by atoms with Crippen molar-refractivity contribution in [3.8, 4) is 0 Å². The molecule has 0 aromatic carbocycles. The van der Waals surface area contributed by atoms with Gasteiger partial charge >= 0.3 is 0 Å². The van der Waals surface area contributed by atoms with Gasteiger partial charge in [-0.05, 0) is 12.5 Å². The minimum Gasteiger partial charge on any atom is -0.482 e. The number of allylic oxidation sites excluding steroid dienone is 5. The summed E-state index contributed by atoms with van der Waals surface area (Å²) in [6, 6.07) is 0. The lowest BCUT2D eigenvalue weighted by atomic mass is 10.3. The maximum atomic E-state index is 4.88. The van der Waals surface area contributed by atoms with Gasteiger partial charge in [0.1, 0.15) is 0 Å². The molecule has 3 nitrogen and oxygen atoms in total. The lowest BCUT2D eigenvalue weighted by molar-refractivity contribution is 0.341. The van der Waals surface area contributed by atoms with Crippen LogP contribution in [0.3, 0.4) is 0 Å². The Hall–Kier alpha value is -1.51. The van der Waals surface area contributed by atoms with Crippen LogP contribution in [0.1, 0.15) is 6.92 Å². The standard InChI is InChI=1S/C9H12N2O/c1-2-12-8-11-10-7-9-5-3-4-6-9/h3-8,10H,2H2,1H3/b11-8+.